The summed E-state index contributed by atoms with van der Waals surface area (Å²) in [6, 6.07) is 6.77. The lowest BCUT2D eigenvalue weighted by Crippen LogP contribution is -2.43. The van der Waals surface area contributed by atoms with Crippen LogP contribution in [0.2, 0.25) is 5.02 Å². The summed E-state index contributed by atoms with van der Waals surface area (Å²) >= 11 is 5.95. The van der Waals surface area contributed by atoms with Crippen molar-refractivity contribution < 1.29 is 9.53 Å². The Balaban J connectivity index is 2.54. The van der Waals surface area contributed by atoms with Crippen LogP contribution in [-0.4, -0.2) is 30.5 Å². The first-order valence-electron chi connectivity index (χ1n) is 7.09. The average molecular weight is 333 g/mol. The molecule has 0 saturated carbocycles. The van der Waals surface area contributed by atoms with Crippen LogP contribution >= 0.6 is 11.6 Å². The minimum atomic E-state index is -0.420. The zero-order valence-electron chi connectivity index (χ0n) is 13.1. The van der Waals surface area contributed by atoms with Crippen LogP contribution in [0.5, 0.6) is 0 Å². The molecule has 1 aliphatic heterocycles. The van der Waals surface area contributed by atoms with Crippen molar-refractivity contribution in [2.45, 2.75) is 19.9 Å². The topological polar surface area (TPSA) is 77.7 Å². The summed E-state index contributed by atoms with van der Waals surface area (Å²) in [7, 11) is 1.76. The van der Waals surface area contributed by atoms with Gasteiger partial charge in [0.25, 0.3) is 0 Å². The van der Waals surface area contributed by atoms with Gasteiger partial charge in [-0.3, -0.25) is 5.32 Å². The van der Waals surface area contributed by atoms with Gasteiger partial charge in [0.1, 0.15) is 0 Å². The van der Waals surface area contributed by atoms with Crippen LogP contribution in [0, 0.1) is 11.5 Å². The summed E-state index contributed by atoms with van der Waals surface area (Å²) in [6.45, 7) is 3.75. The molecule has 1 heterocycles. The first-order chi connectivity index (χ1) is 11.0. The Bertz CT molecular complexity index is 704. The first-order valence-corrected chi connectivity index (χ1v) is 7.47. The van der Waals surface area contributed by atoms with Crippen LogP contribution in [0.4, 0.5) is 0 Å². The third-order valence-corrected chi connectivity index (χ3v) is 3.76. The number of hydrogen-bond acceptors (Lipinski definition) is 6. The Kier molecular flexibility index (Phi) is 5.24. The fraction of sp³-hybridized carbons (Fsp3) is 0.312. The zero-order valence-corrected chi connectivity index (χ0v) is 13.9. The minimum absolute atomic E-state index is 0.277. The summed E-state index contributed by atoms with van der Waals surface area (Å²) in [5.74, 6) is -0.0467. The molecule has 2 rings (SSSR count). The maximum atomic E-state index is 12.4. The number of benzene rings is 1. The largest absolute Gasteiger partial charge is 0.463 e. The van der Waals surface area contributed by atoms with Gasteiger partial charge in [0.05, 0.1) is 23.9 Å². The van der Waals surface area contributed by atoms with Crippen LogP contribution in [0.3, 0.4) is 0 Å². The van der Waals surface area contributed by atoms with Gasteiger partial charge in [-0.2, -0.15) is 5.26 Å². The van der Waals surface area contributed by atoms with Crippen molar-refractivity contribution in [1.29, 1.82) is 5.26 Å². The normalized spacial score (nSPS) is 17.4. The number of halogens is 1. The number of esters is 1. The maximum Gasteiger partial charge on any atom is 0.338 e. The summed E-state index contributed by atoms with van der Waals surface area (Å²) in [6.07, 6.45) is 1.86. The second kappa shape index (κ2) is 7.16. The molecule has 1 unspecified atom stereocenters. The number of ether oxygens (including phenoxy) is 1. The molecule has 1 aromatic carbocycles. The molecule has 0 aromatic heterocycles. The van der Waals surface area contributed by atoms with Gasteiger partial charge in [-0.05, 0) is 31.5 Å². The molecule has 7 heteroatoms. The number of nitrogens with zero attached hydrogens (tertiary/aromatic N) is 3. The second-order valence-electron chi connectivity index (χ2n) is 4.96. The lowest BCUT2D eigenvalue weighted by molar-refractivity contribution is -0.139. The van der Waals surface area contributed by atoms with Gasteiger partial charge in [0.2, 0.25) is 5.96 Å². The summed E-state index contributed by atoms with van der Waals surface area (Å²) < 4.78 is 5.17. The van der Waals surface area contributed by atoms with Crippen molar-refractivity contribution in [1.82, 2.24) is 10.2 Å². The number of likely N-dealkylation sites (N-methyl/N-ethyl adjacent to an activating group) is 1. The van der Waals surface area contributed by atoms with E-state index < -0.39 is 12.0 Å². The van der Waals surface area contributed by atoms with Crippen LogP contribution in [0.15, 0.2) is 40.5 Å². The highest BCUT2D eigenvalue weighted by Gasteiger charge is 2.34. The molecule has 0 spiro atoms. The molecular formula is C16H17ClN4O2. The molecule has 120 valence electrons. The zero-order chi connectivity index (χ0) is 17.0. The molecule has 0 saturated heterocycles. The predicted molar refractivity (Wildman–Crippen MR) is 87.5 cm³/mol. The minimum Gasteiger partial charge on any atom is -0.463 e. The third-order valence-electron chi connectivity index (χ3n) is 3.51. The molecule has 0 bridgehead atoms. The monoisotopic (exact) mass is 332 g/mol. The predicted octanol–water partition coefficient (Wildman–Crippen LogP) is 2.59. The number of nitrogens with one attached hydrogen (secondary N) is 1. The number of aliphatic imine (C=N–C) groups is 1. The van der Waals surface area contributed by atoms with Gasteiger partial charge in [-0.1, -0.05) is 23.7 Å². The Morgan fingerprint density at radius 1 is 1.48 bits per heavy atom. The van der Waals surface area contributed by atoms with Gasteiger partial charge in [0, 0.05) is 12.1 Å². The first kappa shape index (κ1) is 16.8. The summed E-state index contributed by atoms with van der Waals surface area (Å²) in [5.41, 5.74) is 1.81. The SMILES string of the molecule is CCOC(=O)C1=C(C)N=C(NC#N)N(C)C1c1ccc(Cl)cc1. The van der Waals surface area contributed by atoms with Crippen molar-refractivity contribution >= 4 is 23.5 Å². The number of carbonyl (C=O) groups is 1. The van der Waals surface area contributed by atoms with E-state index in [0.29, 0.717) is 22.3 Å². The van der Waals surface area contributed by atoms with Crippen LogP contribution in [0.25, 0.3) is 0 Å². The van der Waals surface area contributed by atoms with E-state index in [1.807, 2.05) is 18.3 Å². The van der Waals surface area contributed by atoms with Gasteiger partial charge in [0.15, 0.2) is 6.19 Å². The number of guanidine groups is 1. The second-order valence-corrected chi connectivity index (χ2v) is 5.39. The molecule has 1 aromatic rings. The number of hydrogen-bond donors (Lipinski definition) is 1. The highest BCUT2D eigenvalue weighted by Crippen LogP contribution is 2.34. The molecule has 0 amide bonds. The lowest BCUT2D eigenvalue weighted by atomic mass is 9.95. The maximum absolute atomic E-state index is 12.4. The van der Waals surface area contributed by atoms with Gasteiger partial charge in [-0.25, -0.2) is 9.79 Å². The van der Waals surface area contributed by atoms with Crippen molar-refractivity contribution in [3.63, 3.8) is 0 Å². The van der Waals surface area contributed by atoms with E-state index in [0.717, 1.165) is 5.56 Å². The van der Waals surface area contributed by atoms with Gasteiger partial charge < -0.3 is 9.64 Å². The summed E-state index contributed by atoms with van der Waals surface area (Å²) in [5, 5.41) is 12.0. The van der Waals surface area contributed by atoms with Crippen LogP contribution < -0.4 is 5.32 Å². The quantitative estimate of drug-likeness (QED) is 0.523. The molecule has 0 fully saturated rings. The molecule has 6 nitrogen and oxygen atoms in total. The number of nitriles is 1. The van der Waals surface area contributed by atoms with Crippen LogP contribution in [-0.2, 0) is 9.53 Å². The van der Waals surface area contributed by atoms with E-state index in [1.165, 1.54) is 0 Å². The molecule has 0 aliphatic carbocycles. The smallest absolute Gasteiger partial charge is 0.338 e. The van der Waals surface area contributed by atoms with Crippen molar-refractivity contribution in [3.8, 4) is 6.19 Å². The Hall–Kier alpha value is -2.52. The van der Waals surface area contributed by atoms with Crippen molar-refractivity contribution in [2.24, 2.45) is 4.99 Å². The molecule has 1 aliphatic rings. The number of allylic oxidation sites excluding steroid dienone is 1. The number of carbonyl (C=O) groups excluding carboxylic acids is 1. The molecule has 1 atom stereocenters. The van der Waals surface area contributed by atoms with E-state index in [-0.39, 0.29) is 6.61 Å². The Morgan fingerprint density at radius 3 is 2.70 bits per heavy atom. The average Bonchev–Trinajstić information content (AvgIpc) is 2.51. The summed E-state index contributed by atoms with van der Waals surface area (Å²) in [4.78, 5) is 18.4. The van der Waals surface area contributed by atoms with E-state index in [1.54, 1.807) is 37.9 Å². The Labute approximate surface area is 140 Å². The van der Waals surface area contributed by atoms with E-state index in [2.05, 4.69) is 10.3 Å². The lowest BCUT2D eigenvalue weighted by Gasteiger charge is -2.35. The van der Waals surface area contributed by atoms with Crippen molar-refractivity contribution in [2.75, 3.05) is 13.7 Å². The molecule has 23 heavy (non-hydrogen) atoms. The van der Waals surface area contributed by atoms with E-state index >= 15 is 0 Å². The molecule has 1 N–H and O–H groups in total. The van der Waals surface area contributed by atoms with Gasteiger partial charge >= 0.3 is 5.97 Å². The fourth-order valence-corrected chi connectivity index (χ4v) is 2.61. The van der Waals surface area contributed by atoms with Crippen LogP contribution in [0.1, 0.15) is 25.5 Å². The highest BCUT2D eigenvalue weighted by atomic mass is 35.5. The third kappa shape index (κ3) is 3.46. The molecule has 0 radical (unpaired) electrons. The van der Waals surface area contributed by atoms with Gasteiger partial charge in [-0.15, -0.1) is 0 Å². The molecular weight excluding hydrogens is 316 g/mol. The number of rotatable bonds is 3. The van der Waals surface area contributed by atoms with Crippen molar-refractivity contribution in [3.05, 3.63) is 46.1 Å². The highest BCUT2D eigenvalue weighted by molar-refractivity contribution is 6.30. The van der Waals surface area contributed by atoms with E-state index in [4.69, 9.17) is 21.6 Å². The fourth-order valence-electron chi connectivity index (χ4n) is 2.48. The van der Waals surface area contributed by atoms with E-state index in [9.17, 15) is 4.79 Å². The Morgan fingerprint density at radius 2 is 2.13 bits per heavy atom. The standard InChI is InChI=1S/C16H17ClN4O2/c1-4-23-15(22)13-10(2)20-16(19-9-18)21(3)14(13)11-5-7-12(17)8-6-11/h5-8,14H,4H2,1-3H3,(H,19,20).